The first-order chi connectivity index (χ1) is 8.72. The van der Waals surface area contributed by atoms with E-state index in [1.54, 1.807) is 0 Å². The molecule has 0 saturated carbocycles. The van der Waals surface area contributed by atoms with E-state index in [0.717, 1.165) is 12.5 Å². The molecule has 0 aromatic carbocycles. The SMILES string of the molecule is CNC1CCN(CCCCCCC#CC(C)C)C1. The third-order valence-electron chi connectivity index (χ3n) is 3.60. The Morgan fingerprint density at radius 3 is 2.67 bits per heavy atom. The predicted molar refractivity (Wildman–Crippen MR) is 79.6 cm³/mol. The van der Waals surface area contributed by atoms with Crippen LogP contribution in [0, 0.1) is 17.8 Å². The number of hydrogen-bond acceptors (Lipinski definition) is 2. The minimum Gasteiger partial charge on any atom is -0.316 e. The topological polar surface area (TPSA) is 15.3 Å². The Morgan fingerprint density at radius 1 is 1.22 bits per heavy atom. The van der Waals surface area contributed by atoms with Gasteiger partial charge in [-0.3, -0.25) is 0 Å². The maximum atomic E-state index is 3.37. The summed E-state index contributed by atoms with van der Waals surface area (Å²) in [5, 5.41) is 3.37. The quantitative estimate of drug-likeness (QED) is 0.552. The first kappa shape index (κ1) is 15.5. The number of likely N-dealkylation sites (N-methyl/N-ethyl adjacent to an activating group) is 1. The zero-order valence-corrected chi connectivity index (χ0v) is 12.5. The van der Waals surface area contributed by atoms with Gasteiger partial charge in [-0.1, -0.05) is 26.7 Å². The lowest BCUT2D eigenvalue weighted by Crippen LogP contribution is -2.30. The molecular weight excluding hydrogens is 220 g/mol. The van der Waals surface area contributed by atoms with Crippen molar-refractivity contribution < 1.29 is 0 Å². The van der Waals surface area contributed by atoms with Crippen molar-refractivity contribution in [3.8, 4) is 11.8 Å². The van der Waals surface area contributed by atoms with Gasteiger partial charge in [0.25, 0.3) is 0 Å². The van der Waals surface area contributed by atoms with Gasteiger partial charge < -0.3 is 10.2 Å². The highest BCUT2D eigenvalue weighted by atomic mass is 15.2. The lowest BCUT2D eigenvalue weighted by Gasteiger charge is -2.15. The van der Waals surface area contributed by atoms with E-state index in [4.69, 9.17) is 0 Å². The van der Waals surface area contributed by atoms with Crippen molar-refractivity contribution in [1.29, 1.82) is 0 Å². The minimum atomic E-state index is 0.528. The van der Waals surface area contributed by atoms with Crippen molar-refractivity contribution in [2.45, 2.75) is 58.4 Å². The molecule has 0 aromatic rings. The fourth-order valence-corrected chi connectivity index (χ4v) is 2.45. The maximum absolute atomic E-state index is 3.37. The lowest BCUT2D eigenvalue weighted by molar-refractivity contribution is 0.320. The minimum absolute atomic E-state index is 0.528. The number of hydrogen-bond donors (Lipinski definition) is 1. The van der Waals surface area contributed by atoms with Crippen LogP contribution in [0.3, 0.4) is 0 Å². The molecule has 1 saturated heterocycles. The summed E-state index contributed by atoms with van der Waals surface area (Å²) in [6, 6.07) is 0.733. The number of rotatable bonds is 7. The third-order valence-corrected chi connectivity index (χ3v) is 3.60. The first-order valence-electron chi connectivity index (χ1n) is 7.60. The fourth-order valence-electron chi connectivity index (χ4n) is 2.45. The smallest absolute Gasteiger partial charge is 0.0204 e. The molecule has 1 N–H and O–H groups in total. The van der Waals surface area contributed by atoms with Crippen LogP contribution in [0.4, 0.5) is 0 Å². The Hall–Kier alpha value is -0.520. The van der Waals surface area contributed by atoms with E-state index < -0.39 is 0 Å². The lowest BCUT2D eigenvalue weighted by atomic mass is 10.1. The van der Waals surface area contributed by atoms with E-state index in [-0.39, 0.29) is 0 Å². The molecule has 0 radical (unpaired) electrons. The summed E-state index contributed by atoms with van der Waals surface area (Å²) in [5.41, 5.74) is 0. The van der Waals surface area contributed by atoms with Gasteiger partial charge in [0.2, 0.25) is 0 Å². The van der Waals surface area contributed by atoms with Crippen molar-refractivity contribution in [2.24, 2.45) is 5.92 Å². The molecule has 1 aliphatic rings. The van der Waals surface area contributed by atoms with Gasteiger partial charge in [-0.25, -0.2) is 0 Å². The van der Waals surface area contributed by atoms with E-state index in [2.05, 4.69) is 43.0 Å². The Balaban J connectivity index is 1.89. The summed E-state index contributed by atoms with van der Waals surface area (Å²) in [6.07, 6.45) is 7.75. The molecule has 1 atom stereocenters. The van der Waals surface area contributed by atoms with Gasteiger partial charge in [0.1, 0.15) is 0 Å². The van der Waals surface area contributed by atoms with E-state index in [0.29, 0.717) is 5.92 Å². The Kier molecular flexibility index (Phi) is 8.13. The summed E-state index contributed by atoms with van der Waals surface area (Å²) in [7, 11) is 2.08. The molecule has 0 aliphatic carbocycles. The molecule has 1 heterocycles. The molecule has 0 aromatic heterocycles. The highest BCUT2D eigenvalue weighted by Crippen LogP contribution is 2.11. The van der Waals surface area contributed by atoms with Gasteiger partial charge >= 0.3 is 0 Å². The average molecular weight is 250 g/mol. The van der Waals surface area contributed by atoms with E-state index in [9.17, 15) is 0 Å². The molecule has 2 heteroatoms. The van der Waals surface area contributed by atoms with Crippen LogP contribution in [0.25, 0.3) is 0 Å². The number of nitrogens with zero attached hydrogens (tertiary/aromatic N) is 1. The van der Waals surface area contributed by atoms with Gasteiger partial charge in [-0.15, -0.1) is 11.8 Å². The van der Waals surface area contributed by atoms with Crippen LogP contribution < -0.4 is 5.32 Å². The normalized spacial score (nSPS) is 20.1. The molecule has 1 fully saturated rings. The second-order valence-electron chi connectivity index (χ2n) is 5.71. The van der Waals surface area contributed by atoms with Crippen molar-refractivity contribution >= 4 is 0 Å². The molecule has 1 aliphatic heterocycles. The van der Waals surface area contributed by atoms with Gasteiger partial charge in [0, 0.05) is 24.9 Å². The first-order valence-corrected chi connectivity index (χ1v) is 7.60. The van der Waals surface area contributed by atoms with Crippen LogP contribution in [0.2, 0.25) is 0 Å². The van der Waals surface area contributed by atoms with E-state index >= 15 is 0 Å². The second-order valence-corrected chi connectivity index (χ2v) is 5.71. The number of nitrogens with one attached hydrogen (secondary N) is 1. The van der Waals surface area contributed by atoms with Gasteiger partial charge in [-0.05, 0) is 39.4 Å². The van der Waals surface area contributed by atoms with Crippen LogP contribution in [0.1, 0.15) is 52.4 Å². The molecule has 0 amide bonds. The van der Waals surface area contributed by atoms with Crippen LogP contribution in [-0.4, -0.2) is 37.6 Å². The zero-order valence-electron chi connectivity index (χ0n) is 12.5. The summed E-state index contributed by atoms with van der Waals surface area (Å²) >= 11 is 0. The van der Waals surface area contributed by atoms with Gasteiger partial charge in [0.15, 0.2) is 0 Å². The standard InChI is InChI=1S/C16H30N2/c1-15(2)10-8-6-4-5-7-9-12-18-13-11-16(14-18)17-3/h15-17H,4-7,9,11-14H2,1-3H3. The molecule has 104 valence electrons. The highest BCUT2D eigenvalue weighted by Gasteiger charge is 2.19. The third kappa shape index (κ3) is 7.03. The molecule has 2 nitrogen and oxygen atoms in total. The van der Waals surface area contributed by atoms with E-state index in [1.807, 2.05) is 0 Å². The zero-order chi connectivity index (χ0) is 13.2. The van der Waals surface area contributed by atoms with Crippen LogP contribution in [-0.2, 0) is 0 Å². The van der Waals surface area contributed by atoms with Crippen molar-refractivity contribution in [1.82, 2.24) is 10.2 Å². The van der Waals surface area contributed by atoms with Crippen LogP contribution in [0.5, 0.6) is 0 Å². The fraction of sp³-hybridized carbons (Fsp3) is 0.875. The maximum Gasteiger partial charge on any atom is 0.0204 e. The molecule has 18 heavy (non-hydrogen) atoms. The van der Waals surface area contributed by atoms with Crippen molar-refractivity contribution in [3.05, 3.63) is 0 Å². The molecule has 0 bridgehead atoms. The Labute approximate surface area is 114 Å². The largest absolute Gasteiger partial charge is 0.316 e. The van der Waals surface area contributed by atoms with Crippen molar-refractivity contribution in [2.75, 3.05) is 26.7 Å². The summed E-state index contributed by atoms with van der Waals surface area (Å²) in [4.78, 5) is 2.60. The second kappa shape index (κ2) is 9.42. The average Bonchev–Trinajstić information content (AvgIpc) is 2.80. The van der Waals surface area contributed by atoms with Gasteiger partial charge in [0.05, 0.1) is 0 Å². The molecule has 1 rings (SSSR count). The summed E-state index contributed by atoms with van der Waals surface area (Å²) in [6.45, 7) is 8.13. The van der Waals surface area contributed by atoms with Crippen molar-refractivity contribution in [3.63, 3.8) is 0 Å². The monoisotopic (exact) mass is 250 g/mol. The molecule has 0 spiro atoms. The molecular formula is C16H30N2. The van der Waals surface area contributed by atoms with E-state index in [1.165, 1.54) is 51.7 Å². The van der Waals surface area contributed by atoms with Crippen LogP contribution in [0.15, 0.2) is 0 Å². The molecule has 1 unspecified atom stereocenters. The summed E-state index contributed by atoms with van der Waals surface area (Å²) < 4.78 is 0. The van der Waals surface area contributed by atoms with Crippen LogP contribution >= 0.6 is 0 Å². The Bertz CT molecular complexity index is 262. The number of likely N-dealkylation sites (tertiary alicyclic amines) is 1. The summed E-state index contributed by atoms with van der Waals surface area (Å²) in [5.74, 6) is 7.02. The highest BCUT2D eigenvalue weighted by molar-refractivity contribution is 5.00. The van der Waals surface area contributed by atoms with Gasteiger partial charge in [-0.2, -0.15) is 0 Å². The predicted octanol–water partition coefficient (Wildman–Crippen LogP) is 2.89. The Morgan fingerprint density at radius 2 is 2.00 bits per heavy atom. The number of unbranched alkanes of at least 4 members (excludes halogenated alkanes) is 4.